The van der Waals surface area contributed by atoms with E-state index < -0.39 is 0 Å². The molecule has 2 aromatic carbocycles. The third-order valence-electron chi connectivity index (χ3n) is 4.23. The van der Waals surface area contributed by atoms with Crippen molar-refractivity contribution in [1.29, 1.82) is 0 Å². The summed E-state index contributed by atoms with van der Waals surface area (Å²) in [5, 5.41) is 0. The van der Waals surface area contributed by atoms with Gasteiger partial charge in [0.05, 0.1) is 25.3 Å². The first-order valence-electron chi connectivity index (χ1n) is 8.46. The number of rotatable bonds is 4. The average Bonchev–Trinajstić information content (AvgIpc) is 2.68. The fraction of sp³-hybridized carbons (Fsp3) is 0.238. The van der Waals surface area contributed by atoms with Crippen LogP contribution in [0, 0.1) is 5.92 Å². The number of hydrogen-bond donors (Lipinski definition) is 0. The van der Waals surface area contributed by atoms with Crippen molar-refractivity contribution in [2.75, 3.05) is 18.6 Å². The second-order valence-corrected chi connectivity index (χ2v) is 7.06. The Morgan fingerprint density at radius 2 is 1.77 bits per heavy atom. The Morgan fingerprint density at radius 3 is 2.42 bits per heavy atom. The van der Waals surface area contributed by atoms with E-state index in [2.05, 4.69) is 0 Å². The van der Waals surface area contributed by atoms with Gasteiger partial charge in [0.1, 0.15) is 0 Å². The molecule has 3 rings (SSSR count). The Labute approximate surface area is 157 Å². The van der Waals surface area contributed by atoms with Gasteiger partial charge in [-0.1, -0.05) is 60.7 Å². The first kappa shape index (κ1) is 18.3. The number of carbonyl (C=O) groups is 2. The molecule has 1 atom stereocenters. The maximum Gasteiger partial charge on any atom is 0.313 e. The summed E-state index contributed by atoms with van der Waals surface area (Å²) in [6.07, 6.45) is 1.87. The van der Waals surface area contributed by atoms with Crippen molar-refractivity contribution in [3.8, 4) is 0 Å². The van der Waals surface area contributed by atoms with Crippen LogP contribution in [0.1, 0.15) is 11.1 Å². The summed E-state index contributed by atoms with van der Waals surface area (Å²) in [5.41, 5.74) is 2.72. The van der Waals surface area contributed by atoms with Crippen molar-refractivity contribution in [3.63, 3.8) is 0 Å². The van der Waals surface area contributed by atoms with Crippen LogP contribution in [-0.4, -0.2) is 35.4 Å². The summed E-state index contributed by atoms with van der Waals surface area (Å²) in [4.78, 5) is 26.8. The van der Waals surface area contributed by atoms with Gasteiger partial charge in [-0.3, -0.25) is 9.59 Å². The lowest BCUT2D eigenvalue weighted by molar-refractivity contribution is -0.143. The van der Waals surface area contributed by atoms with Crippen LogP contribution in [0.2, 0.25) is 0 Å². The molecule has 134 valence electrons. The van der Waals surface area contributed by atoms with Crippen LogP contribution in [-0.2, 0) is 20.9 Å². The number of nitrogens with zero attached hydrogens (tertiary/aromatic N) is 1. The Kier molecular flexibility index (Phi) is 6.12. The van der Waals surface area contributed by atoms with Crippen LogP contribution in [0.4, 0.5) is 0 Å². The highest BCUT2D eigenvalue weighted by atomic mass is 32.2. The number of methoxy groups -OCH3 is 1. The summed E-state index contributed by atoms with van der Waals surface area (Å²) in [6.45, 7) is 0.467. The van der Waals surface area contributed by atoms with E-state index in [0.717, 1.165) is 16.8 Å². The number of ether oxygens (including phenoxy) is 1. The van der Waals surface area contributed by atoms with Gasteiger partial charge in [-0.25, -0.2) is 0 Å². The van der Waals surface area contributed by atoms with Crippen LogP contribution in [0.3, 0.4) is 0 Å². The number of esters is 1. The van der Waals surface area contributed by atoms with Crippen molar-refractivity contribution >= 4 is 29.3 Å². The maximum atomic E-state index is 12.8. The van der Waals surface area contributed by atoms with Gasteiger partial charge in [0.2, 0.25) is 5.91 Å². The second-order valence-electron chi connectivity index (χ2n) is 6.03. The molecule has 0 aromatic heterocycles. The highest BCUT2D eigenvalue weighted by molar-refractivity contribution is 7.99. The van der Waals surface area contributed by atoms with E-state index in [1.54, 1.807) is 4.90 Å². The van der Waals surface area contributed by atoms with Crippen molar-refractivity contribution < 1.29 is 14.3 Å². The zero-order valence-electron chi connectivity index (χ0n) is 14.6. The molecule has 1 heterocycles. The number of carbonyl (C=O) groups excluding carboxylic acids is 2. The predicted molar refractivity (Wildman–Crippen MR) is 104 cm³/mol. The first-order valence-corrected chi connectivity index (χ1v) is 9.61. The first-order chi connectivity index (χ1) is 12.7. The van der Waals surface area contributed by atoms with Crippen LogP contribution in [0.5, 0.6) is 0 Å². The van der Waals surface area contributed by atoms with Crippen molar-refractivity contribution in [3.05, 3.63) is 77.9 Å². The van der Waals surface area contributed by atoms with Crippen LogP contribution >= 0.6 is 11.8 Å². The van der Waals surface area contributed by atoms with Gasteiger partial charge in [0, 0.05) is 11.4 Å². The van der Waals surface area contributed by atoms with E-state index in [1.807, 2.05) is 66.7 Å². The van der Waals surface area contributed by atoms with Crippen molar-refractivity contribution in [2.24, 2.45) is 5.92 Å². The van der Waals surface area contributed by atoms with E-state index in [9.17, 15) is 9.59 Å². The molecule has 0 saturated carbocycles. The molecule has 1 unspecified atom stereocenters. The SMILES string of the molecule is COC(=O)C1/C=C(/c2ccccc2)N(Cc2ccccc2)C(=O)CSC1. The van der Waals surface area contributed by atoms with Crippen LogP contribution in [0.25, 0.3) is 5.70 Å². The third-order valence-corrected chi connectivity index (χ3v) is 5.28. The Bertz CT molecular complexity index is 789. The Hall–Kier alpha value is -2.53. The lowest BCUT2D eigenvalue weighted by atomic mass is 10.0. The Balaban J connectivity index is 2.04. The van der Waals surface area contributed by atoms with E-state index in [4.69, 9.17) is 4.74 Å². The number of thioether (sulfide) groups is 1. The highest BCUT2D eigenvalue weighted by Crippen LogP contribution is 2.28. The number of amides is 1. The minimum Gasteiger partial charge on any atom is -0.469 e. The molecule has 1 aliphatic rings. The molecule has 0 aliphatic carbocycles. The molecular weight excluding hydrogens is 346 g/mol. The minimum absolute atomic E-state index is 0.0391. The molecule has 1 aliphatic heterocycles. The third kappa shape index (κ3) is 4.35. The molecule has 0 radical (unpaired) electrons. The summed E-state index contributed by atoms with van der Waals surface area (Å²) in [5.74, 6) is 0.252. The normalized spacial score (nSPS) is 19.9. The molecule has 0 fully saturated rings. The van der Waals surface area contributed by atoms with E-state index >= 15 is 0 Å². The zero-order chi connectivity index (χ0) is 18.4. The van der Waals surface area contributed by atoms with Crippen LogP contribution in [0.15, 0.2) is 66.7 Å². The van der Waals surface area contributed by atoms with Gasteiger partial charge >= 0.3 is 5.97 Å². The van der Waals surface area contributed by atoms with Crippen LogP contribution < -0.4 is 0 Å². The fourth-order valence-electron chi connectivity index (χ4n) is 2.90. The predicted octanol–water partition coefficient (Wildman–Crippen LogP) is 3.59. The van der Waals surface area contributed by atoms with Gasteiger partial charge in [-0.2, -0.15) is 11.8 Å². The number of hydrogen-bond acceptors (Lipinski definition) is 4. The summed E-state index contributed by atoms with van der Waals surface area (Å²) in [7, 11) is 1.40. The van der Waals surface area contributed by atoms with Gasteiger partial charge < -0.3 is 9.64 Å². The monoisotopic (exact) mass is 367 g/mol. The topological polar surface area (TPSA) is 46.6 Å². The van der Waals surface area contributed by atoms with E-state index in [1.165, 1.54) is 18.9 Å². The molecule has 0 bridgehead atoms. The zero-order valence-corrected chi connectivity index (χ0v) is 15.4. The van der Waals surface area contributed by atoms with Gasteiger partial charge in [0.25, 0.3) is 0 Å². The molecule has 1 amide bonds. The van der Waals surface area contributed by atoms with Crippen molar-refractivity contribution in [2.45, 2.75) is 6.54 Å². The van der Waals surface area contributed by atoms with Gasteiger partial charge in [-0.15, -0.1) is 0 Å². The quantitative estimate of drug-likeness (QED) is 0.775. The van der Waals surface area contributed by atoms with Gasteiger partial charge in [0.15, 0.2) is 0 Å². The lowest BCUT2D eigenvalue weighted by Crippen LogP contribution is -2.34. The largest absolute Gasteiger partial charge is 0.469 e. The molecule has 5 heteroatoms. The second kappa shape index (κ2) is 8.72. The molecule has 2 aromatic rings. The smallest absolute Gasteiger partial charge is 0.313 e. The number of benzene rings is 2. The molecule has 0 saturated heterocycles. The van der Waals surface area contributed by atoms with Crippen molar-refractivity contribution in [1.82, 2.24) is 4.90 Å². The molecule has 0 spiro atoms. The highest BCUT2D eigenvalue weighted by Gasteiger charge is 2.27. The maximum absolute atomic E-state index is 12.8. The molecule has 0 N–H and O–H groups in total. The minimum atomic E-state index is -0.383. The molecule has 26 heavy (non-hydrogen) atoms. The molecular formula is C21H21NO3S. The average molecular weight is 367 g/mol. The fourth-order valence-corrected chi connectivity index (χ4v) is 3.84. The van der Waals surface area contributed by atoms with E-state index in [-0.39, 0.29) is 17.8 Å². The summed E-state index contributed by atoms with van der Waals surface area (Å²) in [6, 6.07) is 19.6. The molecule has 4 nitrogen and oxygen atoms in total. The van der Waals surface area contributed by atoms with Gasteiger partial charge in [-0.05, 0) is 17.2 Å². The van der Waals surface area contributed by atoms with E-state index in [0.29, 0.717) is 18.1 Å². The lowest BCUT2D eigenvalue weighted by Gasteiger charge is -2.29. The summed E-state index contributed by atoms with van der Waals surface area (Å²) >= 11 is 1.46. The summed E-state index contributed by atoms with van der Waals surface area (Å²) < 4.78 is 4.95. The standard InChI is InChI=1S/C21H21NO3S/c1-25-21(24)18-12-19(17-10-6-3-7-11-17)22(20(23)15-26-14-18)13-16-8-4-2-5-9-16/h2-12,18H,13-15H2,1H3/b19-12-. The Morgan fingerprint density at radius 1 is 1.12 bits per heavy atom.